The van der Waals surface area contributed by atoms with Gasteiger partial charge in [0.2, 0.25) is 0 Å². The van der Waals surface area contributed by atoms with Gasteiger partial charge in [0.1, 0.15) is 0 Å². The van der Waals surface area contributed by atoms with Gasteiger partial charge < -0.3 is 0 Å². The maximum absolute atomic E-state index is 6.70. The Balaban J connectivity index is 4.24. The van der Waals surface area contributed by atoms with Crippen molar-refractivity contribution in [2.24, 2.45) is 0 Å². The van der Waals surface area contributed by atoms with Gasteiger partial charge in [0.25, 0.3) is 0 Å². The van der Waals surface area contributed by atoms with Crippen LogP contribution in [0.3, 0.4) is 0 Å². The summed E-state index contributed by atoms with van der Waals surface area (Å²) in [6.45, 7) is 9.40. The Hall–Kier alpha value is 0.507. The second-order valence-electron chi connectivity index (χ2n) is 5.47. The Morgan fingerprint density at radius 1 is 0.875 bits per heavy atom. The van der Waals surface area contributed by atoms with E-state index in [0.717, 1.165) is 0 Å². The van der Waals surface area contributed by atoms with Crippen molar-refractivity contribution < 1.29 is 0 Å². The summed E-state index contributed by atoms with van der Waals surface area (Å²) in [6.07, 6.45) is 9.29. The van der Waals surface area contributed by atoms with Gasteiger partial charge in [-0.15, -0.1) is 11.6 Å². The van der Waals surface area contributed by atoms with E-state index in [1.807, 2.05) is 0 Å². The zero-order chi connectivity index (χ0) is 12.4. The Kier molecular flexibility index (Phi) is 9.83. The Labute approximate surface area is 109 Å². The van der Waals surface area contributed by atoms with Gasteiger partial charge in [-0.1, -0.05) is 77.9 Å². The van der Waals surface area contributed by atoms with Crippen LogP contribution in [0.2, 0.25) is 18.6 Å². The number of hydrogen-bond acceptors (Lipinski definition) is 0. The molecule has 0 aliphatic rings. The number of rotatable bonds is 10. The lowest BCUT2D eigenvalue weighted by Gasteiger charge is -2.32. The second-order valence-corrected chi connectivity index (χ2v) is 11.4. The first kappa shape index (κ1) is 16.5. The minimum Gasteiger partial charge on any atom is -0.127 e. The van der Waals surface area contributed by atoms with Crippen molar-refractivity contribution in [2.75, 3.05) is 0 Å². The fourth-order valence-electron chi connectivity index (χ4n) is 2.33. The molecule has 0 aromatic carbocycles. The number of halogens is 1. The quantitative estimate of drug-likeness (QED) is 0.334. The van der Waals surface area contributed by atoms with Crippen molar-refractivity contribution in [3.63, 3.8) is 0 Å². The monoisotopic (exact) mass is 262 g/mol. The molecule has 0 spiro atoms. The van der Waals surface area contributed by atoms with Gasteiger partial charge in [-0.3, -0.25) is 0 Å². The van der Waals surface area contributed by atoms with Crippen LogP contribution in [-0.2, 0) is 0 Å². The predicted molar refractivity (Wildman–Crippen MR) is 80.2 cm³/mol. The van der Waals surface area contributed by atoms with Crippen LogP contribution in [0.15, 0.2) is 0 Å². The third-order valence-electron chi connectivity index (χ3n) is 3.77. The van der Waals surface area contributed by atoms with Gasteiger partial charge >= 0.3 is 0 Å². The van der Waals surface area contributed by atoms with Crippen LogP contribution in [0.1, 0.15) is 65.7 Å². The molecule has 0 radical (unpaired) electrons. The molecule has 1 atom stereocenters. The highest BCUT2D eigenvalue weighted by Gasteiger charge is 2.33. The molecule has 16 heavy (non-hydrogen) atoms. The highest BCUT2D eigenvalue weighted by atomic mass is 35.5. The molecule has 0 aliphatic heterocycles. The molecule has 0 N–H and O–H groups in total. The highest BCUT2D eigenvalue weighted by Crippen LogP contribution is 2.31. The Morgan fingerprint density at radius 3 is 1.69 bits per heavy atom. The molecule has 98 valence electrons. The maximum atomic E-state index is 6.70. The summed E-state index contributed by atoms with van der Waals surface area (Å²) in [7, 11) is -1.17. The first-order valence-electron chi connectivity index (χ1n) is 7.24. The molecule has 0 heterocycles. The van der Waals surface area contributed by atoms with E-state index in [4.69, 9.17) is 11.6 Å². The van der Waals surface area contributed by atoms with Crippen molar-refractivity contribution >= 4 is 19.7 Å². The van der Waals surface area contributed by atoms with Crippen molar-refractivity contribution in [1.82, 2.24) is 0 Å². The van der Waals surface area contributed by atoms with Gasteiger partial charge in [0.05, 0.1) is 8.07 Å². The third kappa shape index (κ3) is 6.29. The average Bonchev–Trinajstić information content (AvgIpc) is 2.30. The van der Waals surface area contributed by atoms with Gasteiger partial charge in [0.15, 0.2) is 0 Å². The zero-order valence-electron chi connectivity index (χ0n) is 11.8. The number of hydrogen-bond donors (Lipinski definition) is 0. The molecule has 2 heteroatoms. The van der Waals surface area contributed by atoms with Crippen molar-refractivity contribution in [2.45, 2.75) is 89.4 Å². The second kappa shape index (κ2) is 9.53. The molecule has 0 aromatic heterocycles. The minimum absolute atomic E-state index is 0.519. The zero-order valence-corrected chi connectivity index (χ0v) is 13.6. The fraction of sp³-hybridized carbons (Fsp3) is 1.00. The Morgan fingerprint density at radius 2 is 1.31 bits per heavy atom. The lowest BCUT2D eigenvalue weighted by atomic mass is 10.3. The van der Waals surface area contributed by atoms with E-state index in [9.17, 15) is 0 Å². The molecule has 0 aliphatic carbocycles. The molecule has 0 fully saturated rings. The summed E-state index contributed by atoms with van der Waals surface area (Å²) in [5.74, 6) is 0. The van der Waals surface area contributed by atoms with Crippen LogP contribution in [0.5, 0.6) is 0 Å². The lowest BCUT2D eigenvalue weighted by molar-refractivity contribution is 0.728. The molecule has 0 aromatic rings. The highest BCUT2D eigenvalue weighted by molar-refractivity contribution is 6.85. The third-order valence-corrected chi connectivity index (χ3v) is 10.4. The summed E-state index contributed by atoms with van der Waals surface area (Å²) >= 11 is 6.70. The smallest absolute Gasteiger partial charge is 0.0709 e. The minimum atomic E-state index is -1.17. The largest absolute Gasteiger partial charge is 0.127 e. The van der Waals surface area contributed by atoms with Gasteiger partial charge in [-0.25, -0.2) is 0 Å². The number of alkyl halides is 1. The molecule has 0 amide bonds. The normalized spacial score (nSPS) is 14.1. The summed E-state index contributed by atoms with van der Waals surface area (Å²) in [5.41, 5.74) is 0. The van der Waals surface area contributed by atoms with E-state index in [1.165, 1.54) is 57.0 Å². The summed E-state index contributed by atoms with van der Waals surface area (Å²) in [6, 6.07) is 2.89. The van der Waals surface area contributed by atoms with Crippen LogP contribution < -0.4 is 0 Å². The van der Waals surface area contributed by atoms with Gasteiger partial charge in [-0.2, -0.15) is 0 Å². The molecule has 0 nitrogen and oxygen atoms in total. The fourth-order valence-corrected chi connectivity index (χ4v) is 7.24. The molecule has 0 saturated carbocycles. The van der Waals surface area contributed by atoms with Gasteiger partial charge in [0, 0.05) is 5.00 Å². The van der Waals surface area contributed by atoms with Crippen LogP contribution in [0, 0.1) is 0 Å². The van der Waals surface area contributed by atoms with Crippen molar-refractivity contribution in [1.29, 1.82) is 0 Å². The summed E-state index contributed by atoms with van der Waals surface area (Å²) in [4.78, 5) is 0. The van der Waals surface area contributed by atoms with Crippen LogP contribution >= 0.6 is 11.6 Å². The van der Waals surface area contributed by atoms with E-state index in [1.54, 1.807) is 0 Å². The maximum Gasteiger partial charge on any atom is 0.0709 e. The SMILES string of the molecule is CCCCC(Cl)[Si](C)(CCCC)CCCC. The van der Waals surface area contributed by atoms with Gasteiger partial charge in [-0.05, 0) is 6.42 Å². The van der Waals surface area contributed by atoms with E-state index in [2.05, 4.69) is 27.3 Å². The predicted octanol–water partition coefficient (Wildman–Crippen LogP) is 6.00. The van der Waals surface area contributed by atoms with E-state index in [0.29, 0.717) is 5.00 Å². The molecular formula is C14H31ClSi. The molecule has 0 bridgehead atoms. The molecule has 0 rings (SSSR count). The van der Waals surface area contributed by atoms with E-state index >= 15 is 0 Å². The average molecular weight is 263 g/mol. The first-order chi connectivity index (χ1) is 7.60. The van der Waals surface area contributed by atoms with Crippen LogP contribution in [-0.4, -0.2) is 13.1 Å². The van der Waals surface area contributed by atoms with Crippen molar-refractivity contribution in [3.8, 4) is 0 Å². The summed E-state index contributed by atoms with van der Waals surface area (Å²) < 4.78 is 0. The first-order valence-corrected chi connectivity index (χ1v) is 10.7. The van der Waals surface area contributed by atoms with Crippen LogP contribution in [0.4, 0.5) is 0 Å². The molecular weight excluding hydrogens is 232 g/mol. The van der Waals surface area contributed by atoms with E-state index < -0.39 is 8.07 Å². The van der Waals surface area contributed by atoms with E-state index in [-0.39, 0.29) is 0 Å². The van der Waals surface area contributed by atoms with Crippen molar-refractivity contribution in [3.05, 3.63) is 0 Å². The molecule has 1 unspecified atom stereocenters. The Bertz CT molecular complexity index is 151. The van der Waals surface area contributed by atoms with Crippen LogP contribution in [0.25, 0.3) is 0 Å². The summed E-state index contributed by atoms with van der Waals surface area (Å²) in [5, 5.41) is 0.519. The lowest BCUT2D eigenvalue weighted by Crippen LogP contribution is -2.41. The topological polar surface area (TPSA) is 0 Å². The standard InChI is InChI=1S/C14H31ClSi/c1-5-8-11-14(15)16(4,12-9-6-2)13-10-7-3/h14H,5-13H2,1-4H3. The number of unbranched alkanes of at least 4 members (excludes halogenated alkanes) is 3. The molecule has 0 saturated heterocycles.